The maximum atomic E-state index is 12.1. The highest BCUT2D eigenvalue weighted by molar-refractivity contribution is 5.82. The lowest BCUT2D eigenvalue weighted by Crippen LogP contribution is -2.32. The lowest BCUT2D eigenvalue weighted by molar-refractivity contribution is -0.132. The zero-order valence-corrected chi connectivity index (χ0v) is 11.0. The van der Waals surface area contributed by atoms with Gasteiger partial charge in [0.05, 0.1) is 12.0 Å². The van der Waals surface area contributed by atoms with Crippen molar-refractivity contribution in [2.24, 2.45) is 5.92 Å². The number of hydrogen-bond donors (Lipinski definition) is 1. The van der Waals surface area contributed by atoms with E-state index in [1.807, 2.05) is 13.8 Å². The van der Waals surface area contributed by atoms with Crippen LogP contribution in [0.15, 0.2) is 0 Å². The number of aromatic amines is 1. The summed E-state index contributed by atoms with van der Waals surface area (Å²) in [7, 11) is 1.81. The van der Waals surface area contributed by atoms with Crippen LogP contribution in [-0.2, 0) is 9.53 Å². The predicted molar refractivity (Wildman–Crippen MR) is 63.8 cm³/mol. The zero-order valence-electron chi connectivity index (χ0n) is 11.0. The van der Waals surface area contributed by atoms with E-state index in [2.05, 4.69) is 20.6 Å². The zero-order chi connectivity index (χ0) is 13.1. The van der Waals surface area contributed by atoms with Crippen molar-refractivity contribution in [2.45, 2.75) is 32.3 Å². The minimum atomic E-state index is 0.0346. The third kappa shape index (κ3) is 2.84. The van der Waals surface area contributed by atoms with Gasteiger partial charge in [-0.2, -0.15) is 5.21 Å². The van der Waals surface area contributed by atoms with Crippen LogP contribution in [0.4, 0.5) is 0 Å². The lowest BCUT2D eigenvalue weighted by Gasteiger charge is -2.19. The van der Waals surface area contributed by atoms with Crippen LogP contribution in [0.25, 0.3) is 0 Å². The molecule has 0 radical (unpaired) electrons. The maximum Gasteiger partial charge on any atom is 0.228 e. The topological polar surface area (TPSA) is 84.0 Å². The number of nitrogens with zero attached hydrogens (tertiary/aromatic N) is 4. The normalized spacial score (nSPS) is 23.7. The van der Waals surface area contributed by atoms with Crippen LogP contribution in [0.1, 0.15) is 32.0 Å². The highest BCUT2D eigenvalue weighted by Crippen LogP contribution is 2.35. The Kier molecular flexibility index (Phi) is 3.90. The van der Waals surface area contributed by atoms with E-state index in [0.717, 1.165) is 6.42 Å². The van der Waals surface area contributed by atoms with Crippen molar-refractivity contribution in [3.8, 4) is 0 Å². The minimum Gasteiger partial charge on any atom is -0.378 e. The molecule has 7 nitrogen and oxygen atoms in total. The lowest BCUT2D eigenvalue weighted by atomic mass is 10.1. The second kappa shape index (κ2) is 5.43. The third-order valence-electron chi connectivity index (χ3n) is 3.16. The monoisotopic (exact) mass is 253 g/mol. The molecule has 1 aliphatic rings. The maximum absolute atomic E-state index is 12.1. The van der Waals surface area contributed by atoms with Crippen LogP contribution in [0.3, 0.4) is 0 Å². The molecule has 7 heteroatoms. The molecule has 1 aromatic heterocycles. The molecule has 3 atom stereocenters. The Balaban J connectivity index is 1.81. The molecule has 0 aromatic carbocycles. The molecule has 1 N–H and O–H groups in total. The fourth-order valence-electron chi connectivity index (χ4n) is 2.07. The van der Waals surface area contributed by atoms with Crippen molar-refractivity contribution in [1.29, 1.82) is 0 Å². The summed E-state index contributed by atoms with van der Waals surface area (Å²) in [6.07, 6.45) is 0.957. The smallest absolute Gasteiger partial charge is 0.228 e. The summed E-state index contributed by atoms with van der Waals surface area (Å²) in [5.41, 5.74) is 0. The Hall–Kier alpha value is -1.50. The van der Waals surface area contributed by atoms with Crippen molar-refractivity contribution in [1.82, 2.24) is 25.5 Å². The summed E-state index contributed by atoms with van der Waals surface area (Å²) in [5, 5.41) is 13.8. The molecule has 0 unspecified atom stereocenters. The number of H-pyrrole nitrogens is 1. The van der Waals surface area contributed by atoms with Crippen LogP contribution in [0.5, 0.6) is 0 Å². The van der Waals surface area contributed by atoms with Crippen molar-refractivity contribution < 1.29 is 9.53 Å². The first-order chi connectivity index (χ1) is 8.63. The van der Waals surface area contributed by atoms with Crippen molar-refractivity contribution in [3.63, 3.8) is 0 Å². The highest BCUT2D eigenvalue weighted by atomic mass is 16.5. The number of rotatable bonds is 6. The Labute approximate surface area is 106 Å². The molecule has 18 heavy (non-hydrogen) atoms. The van der Waals surface area contributed by atoms with Gasteiger partial charge < -0.3 is 9.64 Å². The first-order valence-corrected chi connectivity index (χ1v) is 6.23. The molecule has 2 rings (SSSR count). The number of nitrogens with one attached hydrogen (secondary N) is 1. The molecule has 1 heterocycles. The number of aromatic nitrogens is 4. The minimum absolute atomic E-state index is 0.0346. The van der Waals surface area contributed by atoms with Gasteiger partial charge in [-0.05, 0) is 13.3 Å². The standard InChI is InChI=1S/C11H19N5O2/c1-4-18-9-5-8(9)11(17)16(3)6-7(2)10-12-14-15-13-10/h7-9H,4-6H2,1-3H3,(H,12,13,14,15)/t7-,8-,9-/m1/s1. The quantitative estimate of drug-likeness (QED) is 0.782. The molecule has 0 bridgehead atoms. The summed E-state index contributed by atoms with van der Waals surface area (Å²) < 4.78 is 5.43. The second-order valence-electron chi connectivity index (χ2n) is 4.73. The SMILES string of the molecule is CCO[C@@H]1C[C@H]1C(=O)N(C)C[C@@H](C)c1nn[nH]n1. The average molecular weight is 253 g/mol. The van der Waals surface area contributed by atoms with E-state index >= 15 is 0 Å². The number of likely N-dealkylation sites (N-methyl/N-ethyl adjacent to an activating group) is 1. The predicted octanol–water partition coefficient (Wildman–Crippen LogP) is 0.187. The second-order valence-corrected chi connectivity index (χ2v) is 4.73. The van der Waals surface area contributed by atoms with Gasteiger partial charge in [0.25, 0.3) is 0 Å². The number of tetrazole rings is 1. The van der Waals surface area contributed by atoms with Crippen LogP contribution in [-0.4, -0.2) is 57.7 Å². The summed E-state index contributed by atoms with van der Waals surface area (Å²) in [6, 6.07) is 0. The van der Waals surface area contributed by atoms with Gasteiger partial charge in [0.15, 0.2) is 5.82 Å². The Morgan fingerprint density at radius 3 is 3.06 bits per heavy atom. The number of ether oxygens (including phenoxy) is 1. The van der Waals surface area contributed by atoms with Gasteiger partial charge in [-0.3, -0.25) is 4.79 Å². The molecular formula is C11H19N5O2. The van der Waals surface area contributed by atoms with Crippen LogP contribution in [0.2, 0.25) is 0 Å². The largest absolute Gasteiger partial charge is 0.378 e. The molecule has 1 aromatic rings. The van der Waals surface area contributed by atoms with Gasteiger partial charge in [-0.25, -0.2) is 0 Å². The molecule has 0 saturated heterocycles. The third-order valence-corrected chi connectivity index (χ3v) is 3.16. The Morgan fingerprint density at radius 2 is 2.44 bits per heavy atom. The van der Waals surface area contributed by atoms with Crippen LogP contribution < -0.4 is 0 Å². The molecule has 1 amide bonds. The summed E-state index contributed by atoms with van der Waals surface area (Å²) >= 11 is 0. The molecule has 1 saturated carbocycles. The number of hydrogen-bond acceptors (Lipinski definition) is 5. The summed E-state index contributed by atoms with van der Waals surface area (Å²) in [6.45, 7) is 5.18. The molecule has 0 aliphatic heterocycles. The van der Waals surface area contributed by atoms with Gasteiger partial charge in [0.2, 0.25) is 5.91 Å². The molecule has 0 spiro atoms. The van der Waals surface area contributed by atoms with Crippen LogP contribution >= 0.6 is 0 Å². The van der Waals surface area contributed by atoms with Crippen molar-refractivity contribution >= 4 is 5.91 Å². The highest BCUT2D eigenvalue weighted by Gasteiger charge is 2.45. The van der Waals surface area contributed by atoms with E-state index in [4.69, 9.17) is 4.74 Å². The summed E-state index contributed by atoms with van der Waals surface area (Å²) in [5.74, 6) is 0.880. The Bertz CT molecular complexity index is 394. The van der Waals surface area contributed by atoms with E-state index in [9.17, 15) is 4.79 Å². The average Bonchev–Trinajstić information content (AvgIpc) is 2.91. The van der Waals surface area contributed by atoms with E-state index in [-0.39, 0.29) is 23.8 Å². The van der Waals surface area contributed by atoms with Gasteiger partial charge in [-0.15, -0.1) is 10.2 Å². The fourth-order valence-corrected chi connectivity index (χ4v) is 2.07. The van der Waals surface area contributed by atoms with Crippen molar-refractivity contribution in [2.75, 3.05) is 20.2 Å². The molecule has 100 valence electrons. The van der Waals surface area contributed by atoms with E-state index in [1.165, 1.54) is 0 Å². The van der Waals surface area contributed by atoms with E-state index in [1.54, 1.807) is 11.9 Å². The van der Waals surface area contributed by atoms with E-state index in [0.29, 0.717) is 19.0 Å². The molecular weight excluding hydrogens is 234 g/mol. The summed E-state index contributed by atoms with van der Waals surface area (Å²) in [4.78, 5) is 13.8. The fraction of sp³-hybridized carbons (Fsp3) is 0.818. The molecule has 1 aliphatic carbocycles. The Morgan fingerprint density at radius 1 is 1.67 bits per heavy atom. The van der Waals surface area contributed by atoms with E-state index < -0.39 is 0 Å². The van der Waals surface area contributed by atoms with Gasteiger partial charge in [-0.1, -0.05) is 12.1 Å². The number of carbonyl (C=O) groups is 1. The van der Waals surface area contributed by atoms with Gasteiger partial charge in [0.1, 0.15) is 0 Å². The van der Waals surface area contributed by atoms with Gasteiger partial charge >= 0.3 is 0 Å². The molecule has 1 fully saturated rings. The van der Waals surface area contributed by atoms with Gasteiger partial charge in [0, 0.05) is 26.1 Å². The van der Waals surface area contributed by atoms with Crippen LogP contribution in [0, 0.1) is 5.92 Å². The first-order valence-electron chi connectivity index (χ1n) is 6.23. The first kappa shape index (κ1) is 12.9. The number of carbonyl (C=O) groups excluding carboxylic acids is 1. The number of amides is 1. The van der Waals surface area contributed by atoms with Crippen molar-refractivity contribution in [3.05, 3.63) is 5.82 Å².